The summed E-state index contributed by atoms with van der Waals surface area (Å²) < 4.78 is 129. The third kappa shape index (κ3) is 6.94. The van der Waals surface area contributed by atoms with E-state index in [2.05, 4.69) is 9.47 Å². The molecule has 0 heterocycles. The maximum atomic E-state index is 14.3. The summed E-state index contributed by atoms with van der Waals surface area (Å²) in [6.45, 7) is 1.15. The van der Waals surface area contributed by atoms with Crippen molar-refractivity contribution in [3.63, 3.8) is 0 Å². The summed E-state index contributed by atoms with van der Waals surface area (Å²) in [7, 11) is 0. The van der Waals surface area contributed by atoms with E-state index in [1.54, 1.807) is 0 Å². The van der Waals surface area contributed by atoms with Crippen molar-refractivity contribution in [1.29, 1.82) is 0 Å². The molecule has 2 aromatic carbocycles. The van der Waals surface area contributed by atoms with Crippen molar-refractivity contribution in [2.45, 2.75) is 38.2 Å². The van der Waals surface area contributed by atoms with Gasteiger partial charge in [-0.15, -0.1) is 0 Å². The lowest BCUT2D eigenvalue weighted by atomic mass is 10.0. The zero-order valence-corrected chi connectivity index (χ0v) is 17.2. The molecule has 0 bridgehead atoms. The Labute approximate surface area is 186 Å². The molecule has 3 nitrogen and oxygen atoms in total. The highest BCUT2D eigenvalue weighted by molar-refractivity contribution is 6.32. The number of aryl methyl sites for hydroxylation is 1. The van der Waals surface area contributed by atoms with Crippen LogP contribution in [0.2, 0.25) is 5.02 Å². The van der Waals surface area contributed by atoms with Crippen LogP contribution in [0.1, 0.15) is 36.1 Å². The Morgan fingerprint density at radius 2 is 1.73 bits per heavy atom. The monoisotopic (exact) mass is 508 g/mol. The van der Waals surface area contributed by atoms with Gasteiger partial charge in [0.15, 0.2) is 23.6 Å². The molecular formula is C20H14ClF9O3. The maximum absolute atomic E-state index is 14.3. The molecule has 0 saturated carbocycles. The van der Waals surface area contributed by atoms with Gasteiger partial charge in [-0.25, -0.2) is 8.78 Å². The summed E-state index contributed by atoms with van der Waals surface area (Å²) in [5, 5.41) is 8.32. The van der Waals surface area contributed by atoms with Crippen LogP contribution in [0.15, 0.2) is 36.6 Å². The molecule has 1 unspecified atom stereocenters. The Morgan fingerprint density at radius 1 is 1.09 bits per heavy atom. The standard InChI is InChI=1S/C20H14ClF9O3/c1-9(31)12-3-2-10(16(24)17(12)25)4-5-19(26,27)33-18-13(20(28,29)30)6-11(7-14(18)21)32-8-15(22)23/h2-3,6-9,31H,4-5H2,1H3. The lowest BCUT2D eigenvalue weighted by Crippen LogP contribution is -2.27. The van der Waals surface area contributed by atoms with Crippen molar-refractivity contribution in [3.8, 4) is 11.5 Å². The van der Waals surface area contributed by atoms with Crippen LogP contribution in [0, 0.1) is 11.6 Å². The van der Waals surface area contributed by atoms with Gasteiger partial charge in [0.05, 0.1) is 17.5 Å². The molecule has 182 valence electrons. The molecule has 0 spiro atoms. The maximum Gasteiger partial charge on any atom is 0.420 e. The highest BCUT2D eigenvalue weighted by atomic mass is 35.5. The van der Waals surface area contributed by atoms with E-state index in [0.717, 1.165) is 19.1 Å². The minimum atomic E-state index is -5.29. The normalized spacial score (nSPS) is 13.0. The molecule has 0 saturated heterocycles. The van der Waals surface area contributed by atoms with E-state index in [1.807, 2.05) is 0 Å². The molecule has 0 aliphatic heterocycles. The fraction of sp³-hybridized carbons (Fsp3) is 0.300. The second kappa shape index (κ2) is 10.1. The van der Waals surface area contributed by atoms with Gasteiger partial charge in [0.1, 0.15) is 11.3 Å². The summed E-state index contributed by atoms with van der Waals surface area (Å²) in [5.74, 6) is -5.30. The summed E-state index contributed by atoms with van der Waals surface area (Å²) in [5.41, 5.74) is -2.78. The predicted octanol–water partition coefficient (Wildman–Crippen LogP) is 7.41. The summed E-state index contributed by atoms with van der Waals surface area (Å²) in [4.78, 5) is 0. The van der Waals surface area contributed by atoms with Crippen LogP contribution in [0.3, 0.4) is 0 Å². The van der Waals surface area contributed by atoms with Gasteiger partial charge >= 0.3 is 18.4 Å². The van der Waals surface area contributed by atoms with Gasteiger partial charge in [-0.05, 0) is 25.0 Å². The molecule has 33 heavy (non-hydrogen) atoms. The number of aliphatic hydroxyl groups excluding tert-OH is 1. The van der Waals surface area contributed by atoms with Crippen LogP contribution in [0.5, 0.6) is 11.5 Å². The molecule has 1 N–H and O–H groups in total. The quantitative estimate of drug-likeness (QED) is 0.298. The van der Waals surface area contributed by atoms with Crippen LogP contribution < -0.4 is 9.47 Å². The first kappa shape index (κ1) is 26.7. The van der Waals surface area contributed by atoms with Gasteiger partial charge in [-0.2, -0.15) is 30.7 Å². The molecular weight excluding hydrogens is 495 g/mol. The number of ether oxygens (including phenoxy) is 2. The minimum Gasteiger partial charge on any atom is -0.459 e. The van der Waals surface area contributed by atoms with Crippen LogP contribution in [-0.4, -0.2) is 11.2 Å². The number of halogens is 10. The van der Waals surface area contributed by atoms with Gasteiger partial charge in [0, 0.05) is 11.6 Å². The molecule has 0 aromatic heterocycles. The average molecular weight is 509 g/mol. The molecule has 0 amide bonds. The fourth-order valence-electron chi connectivity index (χ4n) is 2.66. The van der Waals surface area contributed by atoms with E-state index in [0.29, 0.717) is 6.07 Å². The smallest absolute Gasteiger partial charge is 0.420 e. The Balaban J connectivity index is 2.30. The van der Waals surface area contributed by atoms with Crippen molar-refractivity contribution < 1.29 is 54.1 Å². The highest BCUT2D eigenvalue weighted by Crippen LogP contribution is 2.45. The van der Waals surface area contributed by atoms with Crippen LogP contribution in [0.25, 0.3) is 0 Å². The Bertz CT molecular complexity index is 1030. The number of alkyl halides is 5. The zero-order valence-electron chi connectivity index (χ0n) is 16.4. The van der Waals surface area contributed by atoms with Crippen molar-refractivity contribution in [3.05, 3.63) is 70.0 Å². The summed E-state index contributed by atoms with van der Waals surface area (Å²) >= 11 is 5.59. The lowest BCUT2D eigenvalue weighted by Gasteiger charge is -2.22. The van der Waals surface area contributed by atoms with Crippen LogP contribution in [0.4, 0.5) is 39.5 Å². The fourth-order valence-corrected chi connectivity index (χ4v) is 2.91. The Hall–Kier alpha value is -2.60. The first-order chi connectivity index (χ1) is 15.1. The third-order valence-corrected chi connectivity index (χ3v) is 4.47. The van der Waals surface area contributed by atoms with Gasteiger partial charge < -0.3 is 14.6 Å². The van der Waals surface area contributed by atoms with Gasteiger partial charge in [-0.1, -0.05) is 23.7 Å². The van der Waals surface area contributed by atoms with Crippen LogP contribution in [-0.2, 0) is 12.6 Å². The predicted molar refractivity (Wildman–Crippen MR) is 98.3 cm³/mol. The molecule has 13 heteroatoms. The van der Waals surface area contributed by atoms with Gasteiger partial charge in [0.2, 0.25) is 0 Å². The second-order valence-corrected chi connectivity index (χ2v) is 7.07. The Kier molecular flexibility index (Phi) is 8.18. The van der Waals surface area contributed by atoms with E-state index in [4.69, 9.17) is 11.6 Å². The average Bonchev–Trinajstić information content (AvgIpc) is 2.68. The van der Waals surface area contributed by atoms with E-state index in [1.165, 1.54) is 0 Å². The van der Waals surface area contributed by atoms with E-state index in [-0.39, 0.29) is 12.3 Å². The van der Waals surface area contributed by atoms with Crippen molar-refractivity contribution in [2.75, 3.05) is 0 Å². The van der Waals surface area contributed by atoms with Crippen molar-refractivity contribution >= 4 is 11.6 Å². The molecule has 0 aliphatic carbocycles. The number of hydrogen-bond donors (Lipinski definition) is 1. The van der Waals surface area contributed by atoms with E-state index >= 15 is 0 Å². The largest absolute Gasteiger partial charge is 0.459 e. The first-order valence-corrected chi connectivity index (χ1v) is 9.30. The molecule has 2 aromatic rings. The highest BCUT2D eigenvalue weighted by Gasteiger charge is 2.41. The van der Waals surface area contributed by atoms with Gasteiger partial charge in [0.25, 0.3) is 0 Å². The van der Waals surface area contributed by atoms with Crippen LogP contribution >= 0.6 is 11.6 Å². The SMILES string of the molecule is CC(O)c1ccc(CCC(F)(F)Oc2c(Cl)cc(OC=C(F)F)cc2C(F)(F)F)c(F)c1F. The molecule has 2 rings (SSSR count). The summed E-state index contributed by atoms with van der Waals surface area (Å²) in [6.07, 6.45) is -15.8. The number of hydrogen-bond acceptors (Lipinski definition) is 3. The van der Waals surface area contributed by atoms with E-state index in [9.17, 15) is 44.6 Å². The Morgan fingerprint density at radius 3 is 2.27 bits per heavy atom. The molecule has 0 radical (unpaired) electrons. The van der Waals surface area contributed by atoms with E-state index < -0.39 is 82.2 Å². The zero-order chi connectivity index (χ0) is 25.1. The minimum absolute atomic E-state index is 0.126. The lowest BCUT2D eigenvalue weighted by molar-refractivity contribution is -0.186. The van der Waals surface area contributed by atoms with Crippen molar-refractivity contribution in [2.24, 2.45) is 0 Å². The third-order valence-electron chi connectivity index (χ3n) is 4.19. The topological polar surface area (TPSA) is 38.7 Å². The summed E-state index contributed by atoms with van der Waals surface area (Å²) in [6, 6.07) is 2.59. The number of aliphatic hydroxyl groups is 1. The van der Waals surface area contributed by atoms with Gasteiger partial charge in [-0.3, -0.25) is 0 Å². The number of rotatable bonds is 8. The van der Waals surface area contributed by atoms with Crippen molar-refractivity contribution in [1.82, 2.24) is 0 Å². The first-order valence-electron chi connectivity index (χ1n) is 8.92. The number of benzene rings is 2. The molecule has 0 aliphatic rings. The second-order valence-electron chi connectivity index (χ2n) is 6.66. The molecule has 1 atom stereocenters. The molecule has 0 fully saturated rings.